The third kappa shape index (κ3) is 6.75. The summed E-state index contributed by atoms with van der Waals surface area (Å²) >= 11 is 0. The Kier molecular flexibility index (Phi) is 11.0. The zero-order valence-electron chi connectivity index (χ0n) is 25.0. The van der Waals surface area contributed by atoms with Crippen molar-refractivity contribution in [3.05, 3.63) is 77.0 Å². The number of benzene rings is 2. The molecule has 4 heterocycles. The fourth-order valence-electron chi connectivity index (χ4n) is 6.50. The summed E-state index contributed by atoms with van der Waals surface area (Å²) in [6.07, 6.45) is 2.92. The number of fused-ring (bicyclic) bond motifs is 2. The van der Waals surface area contributed by atoms with Crippen LogP contribution in [0.25, 0.3) is 15.6 Å². The highest BCUT2D eigenvalue weighted by molar-refractivity contribution is 7.59. The van der Waals surface area contributed by atoms with Gasteiger partial charge in [-0.2, -0.15) is 37.0 Å². The molecule has 3 aliphatic rings. The molecule has 6 rings (SSSR count). The van der Waals surface area contributed by atoms with Crippen molar-refractivity contribution in [2.45, 2.75) is 44.8 Å². The second-order valence-corrected chi connectivity index (χ2v) is 11.3. The molecule has 44 heavy (non-hydrogen) atoms. The van der Waals surface area contributed by atoms with Gasteiger partial charge in [0.05, 0.1) is 12.2 Å². The second kappa shape index (κ2) is 14.5. The van der Waals surface area contributed by atoms with Crippen molar-refractivity contribution in [1.82, 2.24) is 20.2 Å². The summed E-state index contributed by atoms with van der Waals surface area (Å²) < 4.78 is 20.0. The van der Waals surface area contributed by atoms with Crippen LogP contribution >= 0.6 is 27.0 Å². The lowest BCUT2D eigenvalue weighted by Crippen LogP contribution is -2.57. The largest absolute Gasteiger partial charge is 0.462 e. The van der Waals surface area contributed by atoms with Gasteiger partial charge in [0, 0.05) is 48.9 Å². The number of ether oxygens (including phenoxy) is 1. The first-order valence-electron chi connectivity index (χ1n) is 14.7. The van der Waals surface area contributed by atoms with Crippen LogP contribution in [0.15, 0.2) is 48.8 Å². The molecule has 234 valence electrons. The lowest BCUT2D eigenvalue weighted by atomic mass is 9.99. The maximum absolute atomic E-state index is 13.8. The number of hydrogen-bond donors (Lipinski definition) is 1. The van der Waals surface area contributed by atoms with E-state index in [1.165, 1.54) is 26.9 Å². The number of aryl methyl sites for hydroxylation is 1. The molecule has 2 fully saturated rings. The van der Waals surface area contributed by atoms with Crippen LogP contribution in [0.5, 0.6) is 6.01 Å². The molecule has 0 radical (unpaired) electrons. The van der Waals surface area contributed by atoms with E-state index in [-0.39, 0.29) is 46.1 Å². The fraction of sp³-hybridized carbons (Fsp3) is 0.438. The van der Waals surface area contributed by atoms with Gasteiger partial charge in [0.15, 0.2) is 5.83 Å². The minimum atomic E-state index is -1.00. The van der Waals surface area contributed by atoms with E-state index in [9.17, 15) is 9.18 Å². The summed E-state index contributed by atoms with van der Waals surface area (Å²) in [5.74, 6) is -0.968. The topological polar surface area (TPSA) is 78.2 Å². The van der Waals surface area contributed by atoms with E-state index in [2.05, 4.69) is 69.9 Å². The third-order valence-electron chi connectivity index (χ3n) is 8.61. The molecular weight excluding hydrogens is 598 g/mol. The molecule has 3 aliphatic heterocycles. The van der Waals surface area contributed by atoms with Gasteiger partial charge in [-0.15, -0.1) is 0 Å². The Morgan fingerprint density at radius 2 is 1.95 bits per heavy atom. The van der Waals surface area contributed by atoms with Crippen LogP contribution < -0.4 is 19.9 Å². The summed E-state index contributed by atoms with van der Waals surface area (Å²) in [7, 11) is 0. The van der Waals surface area contributed by atoms with Crippen molar-refractivity contribution >= 4 is 55.2 Å². The summed E-state index contributed by atoms with van der Waals surface area (Å²) in [6.45, 7) is 16.9. The Balaban J connectivity index is 0.00000221. The predicted octanol–water partition coefficient (Wildman–Crippen LogP) is 4.28. The lowest BCUT2D eigenvalue weighted by molar-refractivity contribution is -0.131. The summed E-state index contributed by atoms with van der Waals surface area (Å²) in [6, 6.07) is 13.0. The van der Waals surface area contributed by atoms with Crippen LogP contribution in [0.4, 0.5) is 15.9 Å². The van der Waals surface area contributed by atoms with E-state index in [1.807, 2.05) is 0 Å². The molecule has 1 amide bonds. The van der Waals surface area contributed by atoms with E-state index in [0.717, 1.165) is 49.4 Å². The summed E-state index contributed by atoms with van der Waals surface area (Å²) in [4.78, 5) is 31.8. The number of nitrogens with one attached hydrogen (secondary N) is 1. The van der Waals surface area contributed by atoms with Gasteiger partial charge in [-0.05, 0) is 49.7 Å². The minimum absolute atomic E-state index is 0. The second-order valence-electron chi connectivity index (χ2n) is 11.3. The molecule has 2 atom stereocenters. The van der Waals surface area contributed by atoms with Crippen LogP contribution in [0, 0.1) is 13.5 Å². The van der Waals surface area contributed by atoms with Gasteiger partial charge in [0.25, 0.3) is 5.91 Å². The Morgan fingerprint density at radius 1 is 1.16 bits per heavy atom. The first-order chi connectivity index (χ1) is 20.4. The molecule has 2 saturated heterocycles. The maximum atomic E-state index is 13.8. The predicted molar refractivity (Wildman–Crippen MR) is 182 cm³/mol. The van der Waals surface area contributed by atoms with Crippen LogP contribution in [-0.4, -0.2) is 78.7 Å². The zero-order valence-corrected chi connectivity index (χ0v) is 27.0. The first-order valence-corrected chi connectivity index (χ1v) is 14.7. The monoisotopic (exact) mass is 637 g/mol. The SMILES string of the molecule is S.S.[C-]#[N+]C[C@H]1CN(c2nc(OC[C@@H]3CCCN3)nc3c2CCN(c2cccc4cccc(C)c24)C3)CCN1C(=O)C(=C)F. The molecule has 1 aromatic heterocycles. The normalized spacial score (nSPS) is 19.4. The van der Waals surface area contributed by atoms with Crippen LogP contribution in [0.1, 0.15) is 29.7 Å². The van der Waals surface area contributed by atoms with Gasteiger partial charge in [-0.25, -0.2) is 11.0 Å². The van der Waals surface area contributed by atoms with Gasteiger partial charge in [0.1, 0.15) is 18.5 Å². The maximum Gasteiger partial charge on any atom is 0.318 e. The van der Waals surface area contributed by atoms with E-state index < -0.39 is 17.8 Å². The van der Waals surface area contributed by atoms with Crippen molar-refractivity contribution in [3.63, 3.8) is 0 Å². The molecule has 1 N–H and O–H groups in total. The first kappa shape index (κ1) is 33.4. The van der Waals surface area contributed by atoms with Crippen molar-refractivity contribution in [1.29, 1.82) is 0 Å². The van der Waals surface area contributed by atoms with Gasteiger partial charge in [-0.3, -0.25) is 4.79 Å². The number of rotatable bonds is 7. The zero-order chi connectivity index (χ0) is 29.2. The molecule has 0 aliphatic carbocycles. The Bertz CT molecular complexity index is 1550. The van der Waals surface area contributed by atoms with Crippen molar-refractivity contribution in [2.75, 3.05) is 55.7 Å². The number of anilines is 2. The quantitative estimate of drug-likeness (QED) is 0.306. The summed E-state index contributed by atoms with van der Waals surface area (Å²) in [5, 5.41) is 5.92. The fourth-order valence-corrected chi connectivity index (χ4v) is 6.50. The molecule has 0 unspecified atom stereocenters. The number of piperazine rings is 1. The van der Waals surface area contributed by atoms with E-state index in [0.29, 0.717) is 32.3 Å². The van der Waals surface area contributed by atoms with Crippen LogP contribution in [-0.2, 0) is 17.8 Å². The van der Waals surface area contributed by atoms with Crippen molar-refractivity contribution in [3.8, 4) is 6.01 Å². The molecule has 9 nitrogen and oxygen atoms in total. The number of carbonyl (C=O) groups excluding carboxylic acids is 1. The Labute approximate surface area is 272 Å². The van der Waals surface area contributed by atoms with E-state index in [1.54, 1.807) is 0 Å². The van der Waals surface area contributed by atoms with Crippen LogP contribution in [0.3, 0.4) is 0 Å². The van der Waals surface area contributed by atoms with Gasteiger partial charge in [-0.1, -0.05) is 36.9 Å². The number of amides is 1. The number of aromatic nitrogens is 2. The standard InChI is InChI=1S/C32H36FN7O2.2H2S/c1-21-7-4-8-23-9-5-11-28(29(21)23)38-14-12-26-27(19-38)36-32(42-20-24-10-6-13-35-24)37-30(26)39-15-16-40(31(41)22(2)33)25(18-39)17-34-3;;/h4-5,7-9,11,24-25,35H,2,6,10,12-20H2,1H3;2*1H2/t24-,25-;;/m0../s1. The highest BCUT2D eigenvalue weighted by Crippen LogP contribution is 2.36. The van der Waals surface area contributed by atoms with Gasteiger partial charge >= 0.3 is 6.01 Å². The molecule has 2 aromatic carbocycles. The minimum Gasteiger partial charge on any atom is -0.462 e. The molecular formula is C32H40FN7O2S2. The Hall–Kier alpha value is -3.53. The average Bonchev–Trinajstić information content (AvgIpc) is 3.53. The number of carbonyl (C=O) groups is 1. The van der Waals surface area contributed by atoms with E-state index in [4.69, 9.17) is 21.3 Å². The third-order valence-corrected chi connectivity index (χ3v) is 8.61. The molecule has 0 bridgehead atoms. The van der Waals surface area contributed by atoms with E-state index >= 15 is 0 Å². The van der Waals surface area contributed by atoms with Crippen LogP contribution in [0.2, 0.25) is 0 Å². The molecule has 0 spiro atoms. The smallest absolute Gasteiger partial charge is 0.318 e. The van der Waals surface area contributed by atoms with Crippen molar-refractivity contribution < 1.29 is 13.9 Å². The average molecular weight is 638 g/mol. The molecule has 0 saturated carbocycles. The highest BCUT2D eigenvalue weighted by Gasteiger charge is 2.36. The highest BCUT2D eigenvalue weighted by atomic mass is 32.1. The molecule has 12 heteroatoms. The summed E-state index contributed by atoms with van der Waals surface area (Å²) in [5.41, 5.74) is 4.40. The Morgan fingerprint density at radius 3 is 2.68 bits per heavy atom. The lowest BCUT2D eigenvalue weighted by Gasteiger charge is -2.41. The number of nitrogens with zero attached hydrogens (tertiary/aromatic N) is 6. The number of hydrogen-bond acceptors (Lipinski definition) is 7. The van der Waals surface area contributed by atoms with Gasteiger partial charge in [0.2, 0.25) is 6.54 Å². The molecule has 3 aromatic rings. The number of halogens is 1. The van der Waals surface area contributed by atoms with Gasteiger partial charge < -0.3 is 29.6 Å². The van der Waals surface area contributed by atoms with Crippen molar-refractivity contribution in [2.24, 2.45) is 0 Å².